The number of likely N-dealkylation sites (N-methyl/N-ethyl adjacent to an activating group) is 1. The van der Waals surface area contributed by atoms with Crippen LogP contribution in [0.5, 0.6) is 0 Å². The van der Waals surface area contributed by atoms with Crippen molar-refractivity contribution in [3.63, 3.8) is 0 Å². The SMILES string of the molecule is CCN(C(=O)CNc1cc(C(=O)NCC(F)(F)F)cc(F)c1C)C1CCCCC1. The van der Waals surface area contributed by atoms with Gasteiger partial charge >= 0.3 is 6.18 Å². The number of rotatable bonds is 7. The minimum Gasteiger partial charge on any atom is -0.376 e. The second kappa shape index (κ2) is 9.93. The number of nitrogens with zero attached hydrogens (tertiary/aromatic N) is 1. The maximum atomic E-state index is 14.2. The van der Waals surface area contributed by atoms with Crippen molar-refractivity contribution in [1.29, 1.82) is 0 Å². The number of nitrogens with one attached hydrogen (secondary N) is 2. The molecule has 29 heavy (non-hydrogen) atoms. The average molecular weight is 417 g/mol. The summed E-state index contributed by atoms with van der Waals surface area (Å²) < 4.78 is 51.0. The largest absolute Gasteiger partial charge is 0.405 e. The molecule has 1 aromatic rings. The summed E-state index contributed by atoms with van der Waals surface area (Å²) in [6.45, 7) is 2.35. The van der Waals surface area contributed by atoms with Crippen LogP contribution in [0.4, 0.5) is 23.2 Å². The molecule has 0 heterocycles. The molecule has 2 rings (SSSR count). The van der Waals surface area contributed by atoms with Crippen LogP contribution < -0.4 is 10.6 Å². The number of anilines is 1. The maximum Gasteiger partial charge on any atom is 0.405 e. The summed E-state index contributed by atoms with van der Waals surface area (Å²) in [5, 5.41) is 4.56. The highest BCUT2D eigenvalue weighted by Gasteiger charge is 2.28. The lowest BCUT2D eigenvalue weighted by atomic mass is 9.94. The van der Waals surface area contributed by atoms with E-state index in [1.165, 1.54) is 19.4 Å². The molecule has 0 atom stereocenters. The number of benzene rings is 1. The van der Waals surface area contributed by atoms with Crippen LogP contribution in [-0.4, -0.2) is 48.6 Å². The van der Waals surface area contributed by atoms with Gasteiger partial charge in [0.1, 0.15) is 12.4 Å². The molecule has 0 spiro atoms. The molecule has 2 amide bonds. The van der Waals surface area contributed by atoms with Crippen molar-refractivity contribution in [3.05, 3.63) is 29.1 Å². The molecule has 0 unspecified atom stereocenters. The minimum absolute atomic E-state index is 0.0851. The van der Waals surface area contributed by atoms with E-state index >= 15 is 0 Å². The third-order valence-electron chi connectivity index (χ3n) is 5.16. The maximum absolute atomic E-state index is 14.2. The summed E-state index contributed by atoms with van der Waals surface area (Å²) >= 11 is 0. The number of carbonyl (C=O) groups is 2. The van der Waals surface area contributed by atoms with Crippen LogP contribution in [0.15, 0.2) is 12.1 Å². The zero-order valence-electron chi connectivity index (χ0n) is 16.7. The van der Waals surface area contributed by atoms with E-state index in [0.29, 0.717) is 6.54 Å². The zero-order chi connectivity index (χ0) is 21.6. The van der Waals surface area contributed by atoms with Gasteiger partial charge in [-0.3, -0.25) is 9.59 Å². The van der Waals surface area contributed by atoms with E-state index in [2.05, 4.69) is 5.32 Å². The molecule has 0 aromatic heterocycles. The topological polar surface area (TPSA) is 61.4 Å². The van der Waals surface area contributed by atoms with Crippen LogP contribution in [0.1, 0.15) is 54.9 Å². The Labute approximate surface area is 167 Å². The Balaban J connectivity index is 2.06. The molecular weight excluding hydrogens is 390 g/mol. The van der Waals surface area contributed by atoms with Gasteiger partial charge in [-0.2, -0.15) is 13.2 Å². The van der Waals surface area contributed by atoms with Crippen molar-refractivity contribution in [3.8, 4) is 0 Å². The lowest BCUT2D eigenvalue weighted by molar-refractivity contribution is -0.132. The van der Waals surface area contributed by atoms with Gasteiger partial charge in [-0.05, 0) is 38.8 Å². The fraction of sp³-hybridized carbons (Fsp3) is 0.600. The van der Waals surface area contributed by atoms with Crippen molar-refractivity contribution in [2.45, 2.75) is 58.2 Å². The van der Waals surface area contributed by atoms with E-state index in [1.54, 1.807) is 10.2 Å². The highest BCUT2D eigenvalue weighted by Crippen LogP contribution is 2.24. The van der Waals surface area contributed by atoms with Crippen molar-refractivity contribution >= 4 is 17.5 Å². The van der Waals surface area contributed by atoms with Crippen LogP contribution in [-0.2, 0) is 4.79 Å². The van der Waals surface area contributed by atoms with Crippen LogP contribution in [0.25, 0.3) is 0 Å². The summed E-state index contributed by atoms with van der Waals surface area (Å²) in [6.07, 6.45) is 0.698. The van der Waals surface area contributed by atoms with Gasteiger partial charge in [0, 0.05) is 29.4 Å². The Morgan fingerprint density at radius 3 is 2.41 bits per heavy atom. The molecule has 0 saturated heterocycles. The van der Waals surface area contributed by atoms with E-state index in [-0.39, 0.29) is 35.3 Å². The fourth-order valence-electron chi connectivity index (χ4n) is 3.58. The third-order valence-corrected chi connectivity index (χ3v) is 5.16. The summed E-state index contributed by atoms with van der Waals surface area (Å²) in [7, 11) is 0. The van der Waals surface area contributed by atoms with Gasteiger partial charge in [-0.1, -0.05) is 19.3 Å². The molecule has 0 aliphatic heterocycles. The quantitative estimate of drug-likeness (QED) is 0.659. The van der Waals surface area contributed by atoms with E-state index in [1.807, 2.05) is 6.92 Å². The Morgan fingerprint density at radius 2 is 1.83 bits per heavy atom. The van der Waals surface area contributed by atoms with Gasteiger partial charge in [0.2, 0.25) is 5.91 Å². The lowest BCUT2D eigenvalue weighted by Crippen LogP contribution is -2.44. The zero-order valence-corrected chi connectivity index (χ0v) is 16.7. The smallest absolute Gasteiger partial charge is 0.376 e. The van der Waals surface area contributed by atoms with Gasteiger partial charge in [-0.15, -0.1) is 0 Å². The van der Waals surface area contributed by atoms with Gasteiger partial charge in [0.25, 0.3) is 5.91 Å². The number of hydrogen-bond acceptors (Lipinski definition) is 3. The summed E-state index contributed by atoms with van der Waals surface area (Å²) in [6, 6.07) is 2.34. The number of hydrogen-bond donors (Lipinski definition) is 2. The predicted molar refractivity (Wildman–Crippen MR) is 102 cm³/mol. The van der Waals surface area contributed by atoms with E-state index in [0.717, 1.165) is 31.7 Å². The summed E-state index contributed by atoms with van der Waals surface area (Å²) in [5.74, 6) is -1.90. The lowest BCUT2D eigenvalue weighted by Gasteiger charge is -2.33. The van der Waals surface area contributed by atoms with Gasteiger partial charge < -0.3 is 15.5 Å². The van der Waals surface area contributed by atoms with Crippen LogP contribution in [0.3, 0.4) is 0 Å². The molecular formula is C20H27F4N3O2. The molecule has 0 bridgehead atoms. The molecule has 1 fully saturated rings. The Morgan fingerprint density at radius 1 is 1.17 bits per heavy atom. The van der Waals surface area contributed by atoms with E-state index in [9.17, 15) is 27.2 Å². The normalized spacial score (nSPS) is 15.1. The Hall–Kier alpha value is -2.32. The first-order valence-corrected chi connectivity index (χ1v) is 9.80. The Kier molecular flexibility index (Phi) is 7.87. The first-order valence-electron chi connectivity index (χ1n) is 9.80. The molecule has 1 saturated carbocycles. The van der Waals surface area contributed by atoms with Crippen LogP contribution in [0.2, 0.25) is 0 Å². The molecule has 9 heteroatoms. The highest BCUT2D eigenvalue weighted by atomic mass is 19.4. The molecule has 0 radical (unpaired) electrons. The fourth-order valence-corrected chi connectivity index (χ4v) is 3.58. The first-order chi connectivity index (χ1) is 13.6. The summed E-state index contributed by atoms with van der Waals surface area (Å²) in [5.41, 5.74) is 0.146. The van der Waals surface area contributed by atoms with Gasteiger partial charge in [-0.25, -0.2) is 4.39 Å². The first kappa shape index (κ1) is 23.0. The molecule has 1 aliphatic rings. The van der Waals surface area contributed by atoms with Crippen molar-refractivity contribution in [1.82, 2.24) is 10.2 Å². The van der Waals surface area contributed by atoms with Gasteiger partial charge in [0.15, 0.2) is 0 Å². The van der Waals surface area contributed by atoms with Crippen LogP contribution in [0, 0.1) is 12.7 Å². The predicted octanol–water partition coefficient (Wildman–Crippen LogP) is 4.02. The van der Waals surface area contributed by atoms with Gasteiger partial charge in [0.05, 0.1) is 6.54 Å². The van der Waals surface area contributed by atoms with Crippen molar-refractivity contribution < 1.29 is 27.2 Å². The Bertz CT molecular complexity index is 731. The standard InChI is InChI=1S/C20H27F4N3O2/c1-3-27(15-7-5-4-6-8-15)18(28)11-25-17-10-14(9-16(21)13(17)2)19(29)26-12-20(22,23)24/h9-10,15,25H,3-8,11-12H2,1-2H3,(H,26,29). The molecule has 1 aliphatic carbocycles. The number of carbonyl (C=O) groups excluding carboxylic acids is 2. The number of halogens is 4. The highest BCUT2D eigenvalue weighted by molar-refractivity contribution is 5.95. The average Bonchev–Trinajstić information content (AvgIpc) is 2.68. The number of amides is 2. The second-order valence-electron chi connectivity index (χ2n) is 7.25. The number of alkyl halides is 3. The molecule has 2 N–H and O–H groups in total. The molecule has 5 nitrogen and oxygen atoms in total. The third kappa shape index (κ3) is 6.61. The minimum atomic E-state index is -4.56. The second-order valence-corrected chi connectivity index (χ2v) is 7.25. The van der Waals surface area contributed by atoms with E-state index in [4.69, 9.17) is 0 Å². The van der Waals surface area contributed by atoms with E-state index < -0.39 is 24.4 Å². The monoisotopic (exact) mass is 417 g/mol. The van der Waals surface area contributed by atoms with Crippen molar-refractivity contribution in [2.75, 3.05) is 25.0 Å². The molecule has 1 aromatic carbocycles. The van der Waals surface area contributed by atoms with Crippen molar-refractivity contribution in [2.24, 2.45) is 0 Å². The molecule has 162 valence electrons. The van der Waals surface area contributed by atoms with Crippen LogP contribution >= 0.6 is 0 Å². The summed E-state index contributed by atoms with van der Waals surface area (Å²) in [4.78, 5) is 26.4.